The first-order valence-electron chi connectivity index (χ1n) is 5.40. The summed E-state index contributed by atoms with van der Waals surface area (Å²) in [5.41, 5.74) is 2.26. The second-order valence-corrected chi connectivity index (χ2v) is 4.78. The van der Waals surface area contributed by atoms with Crippen LogP contribution in [0.1, 0.15) is 30.9 Å². The van der Waals surface area contributed by atoms with E-state index in [1.165, 1.54) is 0 Å². The van der Waals surface area contributed by atoms with E-state index in [2.05, 4.69) is 22.9 Å². The highest BCUT2D eigenvalue weighted by atomic mass is 79.9. The van der Waals surface area contributed by atoms with Crippen LogP contribution in [0.5, 0.6) is 11.5 Å². The van der Waals surface area contributed by atoms with Gasteiger partial charge in [0, 0.05) is 18.1 Å². The number of benzene rings is 1. The Labute approximate surface area is 104 Å². The van der Waals surface area contributed by atoms with Crippen molar-refractivity contribution in [3.63, 3.8) is 0 Å². The number of hydrogen-bond acceptors (Lipinski definition) is 3. The Hall–Kier alpha value is -0.740. The fraction of sp³-hybridized carbons (Fsp3) is 0.500. The highest BCUT2D eigenvalue weighted by molar-refractivity contribution is 9.10. The molecule has 1 aromatic carbocycles. The predicted molar refractivity (Wildman–Crippen MR) is 65.1 cm³/mol. The van der Waals surface area contributed by atoms with Crippen molar-refractivity contribution in [2.24, 2.45) is 0 Å². The van der Waals surface area contributed by atoms with E-state index < -0.39 is 0 Å². The van der Waals surface area contributed by atoms with E-state index in [0.29, 0.717) is 0 Å². The van der Waals surface area contributed by atoms with Crippen LogP contribution in [-0.4, -0.2) is 18.5 Å². The summed E-state index contributed by atoms with van der Waals surface area (Å²) >= 11 is 3.47. The van der Waals surface area contributed by atoms with Crippen LogP contribution in [-0.2, 0) is 6.42 Å². The molecule has 1 atom stereocenters. The molecule has 0 radical (unpaired) electrons. The van der Waals surface area contributed by atoms with Crippen molar-refractivity contribution < 1.29 is 14.6 Å². The summed E-state index contributed by atoms with van der Waals surface area (Å²) in [6, 6.07) is 2.02. The van der Waals surface area contributed by atoms with Crippen molar-refractivity contribution in [1.29, 1.82) is 0 Å². The minimum Gasteiger partial charge on any atom is -0.453 e. The highest BCUT2D eigenvalue weighted by Crippen LogP contribution is 2.45. The maximum absolute atomic E-state index is 9.26. The molecule has 0 saturated carbocycles. The first kappa shape index (κ1) is 11.7. The van der Waals surface area contributed by atoms with Crippen molar-refractivity contribution in [3.8, 4) is 11.5 Å². The van der Waals surface area contributed by atoms with Gasteiger partial charge < -0.3 is 14.6 Å². The van der Waals surface area contributed by atoms with Crippen molar-refractivity contribution in [2.75, 3.05) is 13.4 Å². The second-order valence-electron chi connectivity index (χ2n) is 3.93. The predicted octanol–water partition coefficient (Wildman–Crippen LogP) is 2.84. The van der Waals surface area contributed by atoms with Gasteiger partial charge in [-0.3, -0.25) is 0 Å². The zero-order chi connectivity index (χ0) is 11.7. The molecule has 16 heavy (non-hydrogen) atoms. The molecule has 0 amide bonds. The second kappa shape index (κ2) is 4.63. The molecular weight excluding hydrogens is 272 g/mol. The molecule has 0 saturated heterocycles. The summed E-state index contributed by atoms with van der Waals surface area (Å²) in [4.78, 5) is 0. The van der Waals surface area contributed by atoms with Crippen LogP contribution in [0.2, 0.25) is 0 Å². The third-order valence-corrected chi connectivity index (χ3v) is 3.48. The van der Waals surface area contributed by atoms with Crippen LogP contribution in [0, 0.1) is 0 Å². The van der Waals surface area contributed by atoms with Gasteiger partial charge in [0.1, 0.15) is 0 Å². The third-order valence-electron chi connectivity index (χ3n) is 2.89. The molecule has 3 nitrogen and oxygen atoms in total. The number of aliphatic hydroxyl groups excluding tert-OH is 1. The average Bonchev–Trinajstić information content (AvgIpc) is 2.77. The summed E-state index contributed by atoms with van der Waals surface area (Å²) < 4.78 is 11.8. The summed E-state index contributed by atoms with van der Waals surface area (Å²) in [7, 11) is 0. The maximum Gasteiger partial charge on any atom is 0.231 e. The van der Waals surface area contributed by atoms with Crippen LogP contribution >= 0.6 is 15.9 Å². The molecular formula is C12H15BrO3. The minimum atomic E-state index is 0.112. The number of ether oxygens (including phenoxy) is 2. The molecule has 1 heterocycles. The van der Waals surface area contributed by atoms with E-state index >= 15 is 0 Å². The van der Waals surface area contributed by atoms with E-state index in [0.717, 1.165) is 33.5 Å². The molecule has 1 aromatic rings. The van der Waals surface area contributed by atoms with Gasteiger partial charge in [0.15, 0.2) is 11.5 Å². The van der Waals surface area contributed by atoms with Gasteiger partial charge >= 0.3 is 0 Å². The van der Waals surface area contributed by atoms with E-state index in [9.17, 15) is 5.11 Å². The van der Waals surface area contributed by atoms with Crippen LogP contribution < -0.4 is 9.47 Å². The third kappa shape index (κ3) is 1.80. The Morgan fingerprint density at radius 2 is 2.12 bits per heavy atom. The molecule has 88 valence electrons. The molecule has 0 spiro atoms. The average molecular weight is 287 g/mol. The fourth-order valence-electron chi connectivity index (χ4n) is 2.00. The van der Waals surface area contributed by atoms with Gasteiger partial charge in [-0.25, -0.2) is 0 Å². The van der Waals surface area contributed by atoms with Gasteiger partial charge in [-0.05, 0) is 34.0 Å². The maximum atomic E-state index is 9.26. The van der Waals surface area contributed by atoms with Crippen molar-refractivity contribution in [3.05, 3.63) is 21.7 Å². The SMILES string of the molecule is CCc1c(C(C)CO)cc(Br)c2c1OCO2. The quantitative estimate of drug-likeness (QED) is 0.929. The largest absolute Gasteiger partial charge is 0.453 e. The molecule has 4 heteroatoms. The van der Waals surface area contributed by atoms with E-state index in [1.54, 1.807) is 0 Å². The summed E-state index contributed by atoms with van der Waals surface area (Å²) in [6.45, 7) is 4.50. The highest BCUT2D eigenvalue weighted by Gasteiger charge is 2.24. The Balaban J connectivity index is 2.57. The first-order valence-corrected chi connectivity index (χ1v) is 6.20. The van der Waals surface area contributed by atoms with Crippen molar-refractivity contribution in [1.82, 2.24) is 0 Å². The Morgan fingerprint density at radius 3 is 2.75 bits per heavy atom. The molecule has 2 rings (SSSR count). The Morgan fingerprint density at radius 1 is 1.44 bits per heavy atom. The standard InChI is InChI=1S/C12H15BrO3/c1-3-8-9(7(2)5-14)4-10(13)12-11(8)15-6-16-12/h4,7,14H,3,5-6H2,1-2H3. The van der Waals surface area contributed by atoms with Gasteiger partial charge in [0.05, 0.1) is 4.47 Å². The van der Waals surface area contributed by atoms with Crippen LogP contribution in [0.25, 0.3) is 0 Å². The van der Waals surface area contributed by atoms with Crippen LogP contribution in [0.15, 0.2) is 10.5 Å². The van der Waals surface area contributed by atoms with Gasteiger partial charge in [-0.2, -0.15) is 0 Å². The Bertz CT molecular complexity index is 404. The molecule has 0 fully saturated rings. The van der Waals surface area contributed by atoms with Gasteiger partial charge in [0.25, 0.3) is 0 Å². The number of aliphatic hydroxyl groups is 1. The number of hydrogen-bond donors (Lipinski definition) is 1. The summed E-state index contributed by atoms with van der Waals surface area (Å²) in [6.07, 6.45) is 0.874. The van der Waals surface area contributed by atoms with E-state index in [-0.39, 0.29) is 19.3 Å². The zero-order valence-corrected chi connectivity index (χ0v) is 11.0. The molecule has 0 bridgehead atoms. The first-order chi connectivity index (χ1) is 7.69. The Kier molecular flexibility index (Phi) is 3.40. The van der Waals surface area contributed by atoms with Crippen LogP contribution in [0.3, 0.4) is 0 Å². The topological polar surface area (TPSA) is 38.7 Å². The molecule has 1 N–H and O–H groups in total. The molecule has 0 aliphatic carbocycles. The lowest BCUT2D eigenvalue weighted by Crippen LogP contribution is -2.04. The van der Waals surface area contributed by atoms with Crippen molar-refractivity contribution in [2.45, 2.75) is 26.2 Å². The van der Waals surface area contributed by atoms with Gasteiger partial charge in [-0.1, -0.05) is 13.8 Å². The normalized spacial score (nSPS) is 15.2. The van der Waals surface area contributed by atoms with Crippen LogP contribution in [0.4, 0.5) is 0 Å². The number of rotatable bonds is 3. The van der Waals surface area contributed by atoms with Crippen molar-refractivity contribution >= 4 is 15.9 Å². The number of fused-ring (bicyclic) bond motifs is 1. The van der Waals surface area contributed by atoms with E-state index in [1.807, 2.05) is 13.0 Å². The lowest BCUT2D eigenvalue weighted by atomic mass is 9.94. The zero-order valence-electron chi connectivity index (χ0n) is 9.42. The molecule has 1 aliphatic heterocycles. The molecule has 1 aliphatic rings. The summed E-state index contributed by atoms with van der Waals surface area (Å²) in [5, 5.41) is 9.26. The van der Waals surface area contributed by atoms with Gasteiger partial charge in [0.2, 0.25) is 6.79 Å². The monoisotopic (exact) mass is 286 g/mol. The minimum absolute atomic E-state index is 0.112. The smallest absolute Gasteiger partial charge is 0.231 e. The van der Waals surface area contributed by atoms with E-state index in [4.69, 9.17) is 9.47 Å². The van der Waals surface area contributed by atoms with Gasteiger partial charge in [-0.15, -0.1) is 0 Å². The molecule has 0 aromatic heterocycles. The lowest BCUT2D eigenvalue weighted by Gasteiger charge is -2.16. The summed E-state index contributed by atoms with van der Waals surface area (Å²) in [5.74, 6) is 1.72. The molecule has 1 unspecified atom stereocenters. The fourth-order valence-corrected chi connectivity index (χ4v) is 2.54. The number of halogens is 1. The lowest BCUT2D eigenvalue weighted by molar-refractivity contribution is 0.172.